The molecule has 2 unspecified atom stereocenters. The van der Waals surface area contributed by atoms with E-state index in [0.717, 1.165) is 42.9 Å². The highest BCUT2D eigenvalue weighted by Crippen LogP contribution is 2.42. The summed E-state index contributed by atoms with van der Waals surface area (Å²) in [4.78, 5) is 13.5. The SMILES string of the molecule is O=C(O)C1CSC(c2cc(Cl)cc(Br)c2OCCN2CCOCC2)N1. The Morgan fingerprint density at radius 2 is 2.24 bits per heavy atom. The first-order chi connectivity index (χ1) is 12.0. The zero-order valence-corrected chi connectivity index (χ0v) is 16.7. The highest BCUT2D eigenvalue weighted by molar-refractivity contribution is 9.10. The van der Waals surface area contributed by atoms with E-state index >= 15 is 0 Å². The summed E-state index contributed by atoms with van der Waals surface area (Å²) in [6, 6.07) is 3.07. The van der Waals surface area contributed by atoms with Crippen molar-refractivity contribution < 1.29 is 19.4 Å². The third-order valence-corrected chi connectivity index (χ3v) is 6.21. The van der Waals surface area contributed by atoms with Crippen LogP contribution in [0.2, 0.25) is 5.02 Å². The van der Waals surface area contributed by atoms with Gasteiger partial charge in [0.1, 0.15) is 18.4 Å². The summed E-state index contributed by atoms with van der Waals surface area (Å²) in [6.45, 7) is 4.72. The van der Waals surface area contributed by atoms with Crippen LogP contribution in [0, 0.1) is 0 Å². The van der Waals surface area contributed by atoms with Gasteiger partial charge in [-0.25, -0.2) is 0 Å². The van der Waals surface area contributed by atoms with Crippen LogP contribution in [0.4, 0.5) is 0 Å². The Morgan fingerprint density at radius 1 is 1.48 bits per heavy atom. The summed E-state index contributed by atoms with van der Waals surface area (Å²) < 4.78 is 12.2. The van der Waals surface area contributed by atoms with E-state index in [4.69, 9.17) is 21.1 Å². The van der Waals surface area contributed by atoms with Crippen LogP contribution in [0.3, 0.4) is 0 Å². The van der Waals surface area contributed by atoms with Gasteiger partial charge in [-0.15, -0.1) is 11.8 Å². The van der Waals surface area contributed by atoms with Gasteiger partial charge in [0.15, 0.2) is 0 Å². The first-order valence-electron chi connectivity index (χ1n) is 8.07. The van der Waals surface area contributed by atoms with Gasteiger partial charge in [-0.3, -0.25) is 15.0 Å². The van der Waals surface area contributed by atoms with Gasteiger partial charge in [0.25, 0.3) is 0 Å². The summed E-state index contributed by atoms with van der Waals surface area (Å²) in [5, 5.41) is 12.7. The van der Waals surface area contributed by atoms with Gasteiger partial charge in [0, 0.05) is 36.0 Å². The Kier molecular flexibility index (Phi) is 6.87. The number of carboxylic acid groups (broad SMARTS) is 1. The Morgan fingerprint density at radius 3 is 2.92 bits per heavy atom. The molecule has 2 N–H and O–H groups in total. The number of rotatable bonds is 6. The van der Waals surface area contributed by atoms with Gasteiger partial charge in [-0.1, -0.05) is 11.6 Å². The van der Waals surface area contributed by atoms with Crippen LogP contribution in [-0.2, 0) is 9.53 Å². The molecule has 0 saturated carbocycles. The number of benzene rings is 1. The molecule has 9 heteroatoms. The second-order valence-corrected chi connectivity index (χ2v) is 8.31. The minimum atomic E-state index is -0.842. The third kappa shape index (κ3) is 5.02. The number of thioether (sulfide) groups is 1. The fraction of sp³-hybridized carbons (Fsp3) is 0.562. The maximum Gasteiger partial charge on any atom is 0.321 e. The molecule has 2 aliphatic rings. The van der Waals surface area contributed by atoms with Crippen molar-refractivity contribution in [3.63, 3.8) is 0 Å². The number of carboxylic acids is 1. The van der Waals surface area contributed by atoms with Crippen LogP contribution in [0.5, 0.6) is 5.75 Å². The van der Waals surface area contributed by atoms with Gasteiger partial charge >= 0.3 is 5.97 Å². The van der Waals surface area contributed by atoms with Crippen molar-refractivity contribution in [2.24, 2.45) is 0 Å². The molecule has 2 saturated heterocycles. The van der Waals surface area contributed by atoms with Crippen molar-refractivity contribution in [1.29, 1.82) is 0 Å². The quantitative estimate of drug-likeness (QED) is 0.689. The van der Waals surface area contributed by atoms with Crippen LogP contribution >= 0.6 is 39.3 Å². The monoisotopic (exact) mass is 450 g/mol. The number of carbonyl (C=O) groups is 1. The molecule has 6 nitrogen and oxygen atoms in total. The zero-order valence-electron chi connectivity index (χ0n) is 13.5. The molecule has 0 amide bonds. The average molecular weight is 452 g/mol. The standard InChI is InChI=1S/C16H20BrClN2O4S/c17-12-8-10(18)7-11(15-19-13(9-25-15)16(21)22)14(12)24-6-3-20-1-4-23-5-2-20/h7-8,13,15,19H,1-6,9H2,(H,21,22). The van der Waals surface area contributed by atoms with Gasteiger partial charge in [0.2, 0.25) is 0 Å². The fourth-order valence-electron chi connectivity index (χ4n) is 2.82. The number of nitrogens with zero attached hydrogens (tertiary/aromatic N) is 1. The molecule has 2 fully saturated rings. The van der Waals surface area contributed by atoms with Crippen LogP contribution in [-0.4, -0.2) is 67.2 Å². The topological polar surface area (TPSA) is 71.0 Å². The van der Waals surface area contributed by atoms with Crippen LogP contribution in [0.1, 0.15) is 10.9 Å². The molecule has 0 spiro atoms. The Balaban J connectivity index is 1.68. The number of hydrogen-bond acceptors (Lipinski definition) is 6. The molecule has 0 bridgehead atoms. The van der Waals surface area contributed by atoms with E-state index in [-0.39, 0.29) is 5.37 Å². The average Bonchev–Trinajstić information content (AvgIpc) is 3.07. The van der Waals surface area contributed by atoms with Crippen LogP contribution in [0.25, 0.3) is 0 Å². The Hall–Kier alpha value is -0.510. The maximum atomic E-state index is 11.2. The van der Waals surface area contributed by atoms with E-state index in [1.165, 1.54) is 0 Å². The summed E-state index contributed by atoms with van der Waals surface area (Å²) in [6.07, 6.45) is 0. The molecule has 0 radical (unpaired) electrons. The molecule has 1 aromatic rings. The van der Waals surface area contributed by atoms with Crippen molar-refractivity contribution in [2.75, 3.05) is 45.2 Å². The first-order valence-corrected chi connectivity index (χ1v) is 10.3. The highest BCUT2D eigenvalue weighted by atomic mass is 79.9. The van der Waals surface area contributed by atoms with E-state index < -0.39 is 12.0 Å². The predicted octanol–water partition coefficient (Wildman–Crippen LogP) is 2.60. The minimum absolute atomic E-state index is 0.158. The van der Waals surface area contributed by atoms with Gasteiger partial charge < -0.3 is 14.6 Å². The predicted molar refractivity (Wildman–Crippen MR) is 102 cm³/mol. The molecule has 1 aromatic carbocycles. The van der Waals surface area contributed by atoms with Gasteiger partial charge in [-0.2, -0.15) is 0 Å². The minimum Gasteiger partial charge on any atom is -0.491 e. The molecular weight excluding hydrogens is 432 g/mol. The van der Waals surface area contributed by atoms with E-state index in [1.54, 1.807) is 17.8 Å². The lowest BCUT2D eigenvalue weighted by Crippen LogP contribution is -2.38. The van der Waals surface area contributed by atoms with Crippen molar-refractivity contribution in [2.45, 2.75) is 11.4 Å². The second-order valence-electron chi connectivity index (χ2n) is 5.88. The Labute approximate surface area is 164 Å². The van der Waals surface area contributed by atoms with Crippen molar-refractivity contribution in [3.05, 3.63) is 27.2 Å². The lowest BCUT2D eigenvalue weighted by molar-refractivity contribution is -0.138. The zero-order chi connectivity index (χ0) is 17.8. The summed E-state index contributed by atoms with van der Waals surface area (Å²) in [7, 11) is 0. The summed E-state index contributed by atoms with van der Waals surface area (Å²) >= 11 is 11.3. The molecular formula is C16H20BrClN2O4S. The summed E-state index contributed by atoms with van der Waals surface area (Å²) in [5.41, 5.74) is 0.870. The van der Waals surface area contributed by atoms with E-state index in [9.17, 15) is 9.90 Å². The second kappa shape index (κ2) is 8.92. The lowest BCUT2D eigenvalue weighted by atomic mass is 10.2. The number of morpholine rings is 1. The largest absolute Gasteiger partial charge is 0.491 e. The van der Waals surface area contributed by atoms with Crippen LogP contribution < -0.4 is 10.1 Å². The van der Waals surface area contributed by atoms with E-state index in [1.807, 2.05) is 6.07 Å². The highest BCUT2D eigenvalue weighted by Gasteiger charge is 2.32. The van der Waals surface area contributed by atoms with Gasteiger partial charge in [-0.05, 0) is 28.1 Å². The smallest absolute Gasteiger partial charge is 0.321 e. The molecule has 2 atom stereocenters. The maximum absolute atomic E-state index is 11.2. The van der Waals surface area contributed by atoms with Crippen molar-refractivity contribution in [3.8, 4) is 5.75 Å². The number of halogens is 2. The lowest BCUT2D eigenvalue weighted by Gasteiger charge is -2.27. The molecule has 0 aliphatic carbocycles. The fourth-order valence-corrected chi connectivity index (χ4v) is 5.01. The van der Waals surface area contributed by atoms with Crippen molar-refractivity contribution in [1.82, 2.24) is 10.2 Å². The number of hydrogen-bond donors (Lipinski definition) is 2. The van der Waals surface area contributed by atoms with Crippen molar-refractivity contribution >= 4 is 45.3 Å². The summed E-state index contributed by atoms with van der Waals surface area (Å²) in [5.74, 6) is 0.386. The number of ether oxygens (including phenoxy) is 2. The Bertz CT molecular complexity index is 630. The van der Waals surface area contributed by atoms with E-state index in [0.29, 0.717) is 23.1 Å². The number of nitrogens with one attached hydrogen (secondary N) is 1. The molecule has 138 valence electrons. The van der Waals surface area contributed by atoms with Gasteiger partial charge in [0.05, 0.1) is 23.1 Å². The molecule has 2 heterocycles. The molecule has 25 heavy (non-hydrogen) atoms. The van der Waals surface area contributed by atoms with Crippen LogP contribution in [0.15, 0.2) is 16.6 Å². The molecule has 3 rings (SSSR count). The third-order valence-electron chi connectivity index (χ3n) is 4.16. The molecule has 2 aliphatic heterocycles. The number of aliphatic carboxylic acids is 1. The molecule has 0 aromatic heterocycles. The van der Waals surface area contributed by atoms with E-state index in [2.05, 4.69) is 26.1 Å². The first kappa shape index (κ1) is 19.3. The normalized spacial score (nSPS) is 24.4.